The van der Waals surface area contributed by atoms with Crippen molar-refractivity contribution in [2.75, 3.05) is 11.9 Å². The predicted molar refractivity (Wildman–Crippen MR) is 102 cm³/mol. The lowest BCUT2D eigenvalue weighted by atomic mass is 9.94. The highest BCUT2D eigenvalue weighted by molar-refractivity contribution is 7.17. The molecule has 0 saturated heterocycles. The van der Waals surface area contributed by atoms with E-state index in [0.717, 1.165) is 10.4 Å². The molecule has 1 atom stereocenters. The largest absolute Gasteiger partial charge is 0.462 e. The van der Waals surface area contributed by atoms with Crippen molar-refractivity contribution in [3.05, 3.63) is 51.9 Å². The zero-order valence-electron chi connectivity index (χ0n) is 15.2. The van der Waals surface area contributed by atoms with E-state index in [0.29, 0.717) is 41.7 Å². The zero-order valence-corrected chi connectivity index (χ0v) is 16.0. The lowest BCUT2D eigenvalue weighted by Crippen LogP contribution is -2.27. The molecule has 2 heterocycles. The molecule has 0 radical (unpaired) electrons. The maximum Gasteiger partial charge on any atom is 0.341 e. The first-order valence-corrected chi connectivity index (χ1v) is 9.62. The van der Waals surface area contributed by atoms with Crippen LogP contribution in [-0.4, -0.2) is 24.6 Å². The Kier molecular flexibility index (Phi) is 5.74. The van der Waals surface area contributed by atoms with Crippen molar-refractivity contribution >= 4 is 28.2 Å². The minimum atomic E-state index is -0.391. The molecule has 6 heteroatoms. The second-order valence-corrected chi connectivity index (χ2v) is 7.65. The highest BCUT2D eigenvalue weighted by Crippen LogP contribution is 2.39. The van der Waals surface area contributed by atoms with Crippen molar-refractivity contribution in [3.63, 3.8) is 0 Å². The van der Waals surface area contributed by atoms with E-state index in [9.17, 15) is 9.59 Å². The fourth-order valence-electron chi connectivity index (χ4n) is 2.99. The number of thiophene rings is 1. The summed E-state index contributed by atoms with van der Waals surface area (Å²) in [6, 6.07) is 8.95. The molecule has 5 nitrogen and oxygen atoms in total. The molecule has 1 aliphatic rings. The molecule has 0 saturated carbocycles. The third-order valence-corrected chi connectivity index (χ3v) is 5.53. The molecule has 0 fully saturated rings. The van der Waals surface area contributed by atoms with Crippen molar-refractivity contribution in [3.8, 4) is 0 Å². The molecule has 1 amide bonds. The standard InChI is InChI=1S/C20H23NO4S/c1-4-24-20(23)17-14-10-15(12(2)3)25-11-16(14)26-19(17)21-18(22)13-8-6-5-7-9-13/h5-9,12,15H,4,10-11H2,1-3H3,(H,21,22). The van der Waals surface area contributed by atoms with Gasteiger partial charge in [-0.05, 0) is 30.5 Å². The van der Waals surface area contributed by atoms with Crippen LogP contribution in [0.3, 0.4) is 0 Å². The van der Waals surface area contributed by atoms with E-state index in [-0.39, 0.29) is 12.0 Å². The van der Waals surface area contributed by atoms with Gasteiger partial charge in [-0.25, -0.2) is 4.79 Å². The Morgan fingerprint density at radius 3 is 2.69 bits per heavy atom. The molecule has 0 aliphatic carbocycles. The Morgan fingerprint density at radius 1 is 1.31 bits per heavy atom. The molecule has 2 aromatic rings. The first kappa shape index (κ1) is 18.6. The van der Waals surface area contributed by atoms with Crippen LogP contribution in [0.5, 0.6) is 0 Å². The van der Waals surface area contributed by atoms with Gasteiger partial charge in [0.15, 0.2) is 0 Å². The Bertz CT molecular complexity index is 798. The summed E-state index contributed by atoms with van der Waals surface area (Å²) in [5.74, 6) is -0.283. The predicted octanol–water partition coefficient (Wildman–Crippen LogP) is 4.27. The van der Waals surface area contributed by atoms with Gasteiger partial charge in [0.2, 0.25) is 0 Å². The molecule has 138 valence electrons. The first-order chi connectivity index (χ1) is 12.5. The van der Waals surface area contributed by atoms with E-state index < -0.39 is 5.97 Å². The number of anilines is 1. The van der Waals surface area contributed by atoms with Gasteiger partial charge in [-0.2, -0.15) is 0 Å². The number of amides is 1. The molecule has 1 aromatic heterocycles. The molecule has 1 unspecified atom stereocenters. The van der Waals surface area contributed by atoms with Crippen LogP contribution in [-0.2, 0) is 22.5 Å². The maximum atomic E-state index is 12.6. The van der Waals surface area contributed by atoms with E-state index in [4.69, 9.17) is 9.47 Å². The fraction of sp³-hybridized carbons (Fsp3) is 0.400. The highest BCUT2D eigenvalue weighted by Gasteiger charge is 2.32. The third-order valence-electron chi connectivity index (χ3n) is 4.41. The lowest BCUT2D eigenvalue weighted by molar-refractivity contribution is 0.00124. The van der Waals surface area contributed by atoms with Gasteiger partial charge in [0.05, 0.1) is 24.9 Å². The SMILES string of the molecule is CCOC(=O)c1c(NC(=O)c2ccccc2)sc2c1CC(C(C)C)OC2. The normalized spacial score (nSPS) is 16.2. The highest BCUT2D eigenvalue weighted by atomic mass is 32.1. The van der Waals surface area contributed by atoms with Gasteiger partial charge in [0.25, 0.3) is 5.91 Å². The Labute approximate surface area is 157 Å². The molecular weight excluding hydrogens is 350 g/mol. The fourth-order valence-corrected chi connectivity index (χ4v) is 4.12. The Balaban J connectivity index is 1.94. The number of benzene rings is 1. The quantitative estimate of drug-likeness (QED) is 0.795. The van der Waals surface area contributed by atoms with Crippen LogP contribution in [0.4, 0.5) is 5.00 Å². The van der Waals surface area contributed by atoms with Crippen LogP contribution in [0.15, 0.2) is 30.3 Å². The number of nitrogens with one attached hydrogen (secondary N) is 1. The van der Waals surface area contributed by atoms with E-state index in [1.807, 2.05) is 18.2 Å². The van der Waals surface area contributed by atoms with Crippen molar-refractivity contribution in [2.45, 2.75) is 39.9 Å². The molecule has 1 N–H and O–H groups in total. The van der Waals surface area contributed by atoms with Gasteiger partial charge in [-0.3, -0.25) is 4.79 Å². The van der Waals surface area contributed by atoms with Gasteiger partial charge >= 0.3 is 5.97 Å². The van der Waals surface area contributed by atoms with Crippen molar-refractivity contribution < 1.29 is 19.1 Å². The monoisotopic (exact) mass is 373 g/mol. The number of carbonyl (C=O) groups is 2. The minimum Gasteiger partial charge on any atom is -0.462 e. The number of hydrogen-bond donors (Lipinski definition) is 1. The van der Waals surface area contributed by atoms with Gasteiger partial charge in [-0.15, -0.1) is 11.3 Å². The van der Waals surface area contributed by atoms with Crippen LogP contribution in [0.25, 0.3) is 0 Å². The number of hydrogen-bond acceptors (Lipinski definition) is 5. The minimum absolute atomic E-state index is 0.0583. The van der Waals surface area contributed by atoms with E-state index in [1.54, 1.807) is 19.1 Å². The topological polar surface area (TPSA) is 64.6 Å². The van der Waals surface area contributed by atoms with Crippen LogP contribution in [0.1, 0.15) is 51.9 Å². The summed E-state index contributed by atoms with van der Waals surface area (Å²) < 4.78 is 11.2. The Hall–Kier alpha value is -2.18. The first-order valence-electron chi connectivity index (χ1n) is 8.80. The molecule has 0 bridgehead atoms. The number of rotatable bonds is 5. The summed E-state index contributed by atoms with van der Waals surface area (Å²) in [6.07, 6.45) is 0.710. The van der Waals surface area contributed by atoms with E-state index >= 15 is 0 Å². The zero-order chi connectivity index (χ0) is 18.7. The summed E-state index contributed by atoms with van der Waals surface area (Å²) in [5, 5.41) is 3.43. The molecule has 3 rings (SSSR count). The number of ether oxygens (including phenoxy) is 2. The molecule has 1 aliphatic heterocycles. The molecule has 1 aromatic carbocycles. The lowest BCUT2D eigenvalue weighted by Gasteiger charge is -2.26. The van der Waals surface area contributed by atoms with Gasteiger partial charge < -0.3 is 14.8 Å². The van der Waals surface area contributed by atoms with Crippen LogP contribution < -0.4 is 5.32 Å². The summed E-state index contributed by atoms with van der Waals surface area (Å²) >= 11 is 1.40. The van der Waals surface area contributed by atoms with Gasteiger partial charge in [-0.1, -0.05) is 32.0 Å². The van der Waals surface area contributed by atoms with E-state index in [1.165, 1.54) is 11.3 Å². The second-order valence-electron chi connectivity index (χ2n) is 6.55. The van der Waals surface area contributed by atoms with Crippen LogP contribution in [0, 0.1) is 5.92 Å². The smallest absolute Gasteiger partial charge is 0.341 e. The summed E-state index contributed by atoms with van der Waals surface area (Å²) in [4.78, 5) is 26.1. The number of esters is 1. The molecule has 26 heavy (non-hydrogen) atoms. The third kappa shape index (κ3) is 3.81. The average Bonchev–Trinajstić information content (AvgIpc) is 2.99. The summed E-state index contributed by atoms with van der Waals surface area (Å²) in [5.41, 5.74) is 1.97. The maximum absolute atomic E-state index is 12.6. The van der Waals surface area contributed by atoms with Crippen LogP contribution in [0.2, 0.25) is 0 Å². The van der Waals surface area contributed by atoms with Crippen molar-refractivity contribution in [1.29, 1.82) is 0 Å². The van der Waals surface area contributed by atoms with Crippen LogP contribution >= 0.6 is 11.3 Å². The van der Waals surface area contributed by atoms with Crippen molar-refractivity contribution in [1.82, 2.24) is 0 Å². The van der Waals surface area contributed by atoms with Crippen molar-refractivity contribution in [2.24, 2.45) is 5.92 Å². The van der Waals surface area contributed by atoms with Gasteiger partial charge in [0, 0.05) is 16.9 Å². The van der Waals surface area contributed by atoms with Gasteiger partial charge in [0.1, 0.15) is 5.00 Å². The summed E-state index contributed by atoms with van der Waals surface area (Å²) in [6.45, 7) is 6.73. The molecule has 0 spiro atoms. The molecular formula is C20H23NO4S. The summed E-state index contributed by atoms with van der Waals surface area (Å²) in [7, 11) is 0. The Morgan fingerprint density at radius 2 is 2.04 bits per heavy atom. The van der Waals surface area contributed by atoms with E-state index in [2.05, 4.69) is 19.2 Å². The average molecular weight is 373 g/mol. The number of fused-ring (bicyclic) bond motifs is 1. The number of carbonyl (C=O) groups excluding carboxylic acids is 2. The second kappa shape index (κ2) is 8.01.